The molecule has 2 aromatic carbocycles. The predicted octanol–water partition coefficient (Wildman–Crippen LogP) is 3.83. The van der Waals surface area contributed by atoms with Crippen molar-refractivity contribution in [2.24, 2.45) is 0 Å². The van der Waals surface area contributed by atoms with Crippen LogP contribution in [-0.4, -0.2) is 32.7 Å². The number of aliphatic carboxylic acids is 1. The van der Waals surface area contributed by atoms with E-state index in [4.69, 9.17) is 9.84 Å². The molecule has 0 saturated carbocycles. The summed E-state index contributed by atoms with van der Waals surface area (Å²) in [7, 11) is 0. The maximum absolute atomic E-state index is 10.7. The molecule has 0 aliphatic carbocycles. The van der Waals surface area contributed by atoms with E-state index in [1.165, 1.54) is 5.56 Å². The van der Waals surface area contributed by atoms with Crippen LogP contribution in [0, 0.1) is 6.92 Å². The first-order chi connectivity index (χ1) is 13.1. The van der Waals surface area contributed by atoms with Crippen LogP contribution in [0.25, 0.3) is 17.1 Å². The predicted molar refractivity (Wildman–Crippen MR) is 104 cm³/mol. The molecule has 6 nitrogen and oxygen atoms in total. The maximum atomic E-state index is 10.7. The van der Waals surface area contributed by atoms with E-state index in [2.05, 4.69) is 22.4 Å². The summed E-state index contributed by atoms with van der Waals surface area (Å²) in [5.41, 5.74) is 4.73. The number of carboxylic acids is 1. The minimum Gasteiger partial charge on any atom is -0.478 e. The van der Waals surface area contributed by atoms with E-state index < -0.39 is 5.97 Å². The second kappa shape index (κ2) is 9.09. The lowest BCUT2D eigenvalue weighted by atomic mass is 10.1. The highest BCUT2D eigenvalue weighted by molar-refractivity contribution is 5.88. The number of aryl methyl sites for hydroxylation is 2. The molecule has 0 spiro atoms. The van der Waals surface area contributed by atoms with Gasteiger partial charge in [0.2, 0.25) is 0 Å². The number of benzene rings is 2. The van der Waals surface area contributed by atoms with Crippen LogP contribution < -0.4 is 0 Å². The highest BCUT2D eigenvalue weighted by atomic mass is 16.5. The fraction of sp³-hybridized carbons (Fsp3) is 0.286. The highest BCUT2D eigenvalue weighted by Crippen LogP contribution is 2.21. The molecule has 0 aliphatic rings. The van der Waals surface area contributed by atoms with Gasteiger partial charge in [-0.3, -0.25) is 0 Å². The zero-order valence-corrected chi connectivity index (χ0v) is 15.3. The van der Waals surface area contributed by atoms with Gasteiger partial charge in [0.1, 0.15) is 5.52 Å². The van der Waals surface area contributed by atoms with Crippen molar-refractivity contribution in [2.45, 2.75) is 32.9 Å². The number of nitrogens with zero attached hydrogens (tertiary/aromatic N) is 3. The zero-order valence-electron chi connectivity index (χ0n) is 15.3. The molecule has 1 N–H and O–H groups in total. The van der Waals surface area contributed by atoms with E-state index in [1.807, 2.05) is 41.9 Å². The molecule has 0 saturated heterocycles. The Morgan fingerprint density at radius 3 is 2.78 bits per heavy atom. The fourth-order valence-corrected chi connectivity index (χ4v) is 2.92. The van der Waals surface area contributed by atoms with Crippen molar-refractivity contribution in [1.82, 2.24) is 15.0 Å². The van der Waals surface area contributed by atoms with Crippen LogP contribution in [0.2, 0.25) is 0 Å². The lowest BCUT2D eigenvalue weighted by Crippen LogP contribution is -2.03. The normalized spacial score (nSPS) is 11.4. The van der Waals surface area contributed by atoms with Gasteiger partial charge in [-0.05, 0) is 48.6 Å². The highest BCUT2D eigenvalue weighted by Gasteiger charge is 2.09. The Labute approximate surface area is 158 Å². The van der Waals surface area contributed by atoms with Crippen molar-refractivity contribution in [3.8, 4) is 0 Å². The van der Waals surface area contributed by atoms with Crippen LogP contribution in [0.4, 0.5) is 0 Å². The van der Waals surface area contributed by atoms with Gasteiger partial charge in [-0.2, -0.15) is 0 Å². The summed E-state index contributed by atoms with van der Waals surface area (Å²) in [6.45, 7) is 4.05. The Hall–Kier alpha value is -2.99. The number of carbonyl (C=O) groups is 1. The Morgan fingerprint density at radius 1 is 1.19 bits per heavy atom. The Bertz CT molecular complexity index is 932. The van der Waals surface area contributed by atoms with Gasteiger partial charge in [-0.1, -0.05) is 41.6 Å². The number of unbranched alkanes of at least 4 members (excludes halogenated alkanes) is 1. The molecule has 3 aromatic rings. The van der Waals surface area contributed by atoms with E-state index in [0.29, 0.717) is 13.2 Å². The zero-order chi connectivity index (χ0) is 19.1. The number of ether oxygens (including phenoxy) is 1. The Balaban J connectivity index is 1.52. The van der Waals surface area contributed by atoms with Crippen molar-refractivity contribution in [3.05, 3.63) is 65.2 Å². The lowest BCUT2D eigenvalue weighted by Gasteiger charge is -2.06. The van der Waals surface area contributed by atoms with Crippen LogP contribution >= 0.6 is 0 Å². The van der Waals surface area contributed by atoms with Crippen LogP contribution in [0.15, 0.2) is 48.5 Å². The maximum Gasteiger partial charge on any atom is 0.328 e. The van der Waals surface area contributed by atoms with E-state index >= 15 is 0 Å². The fourth-order valence-electron chi connectivity index (χ4n) is 2.92. The molecule has 27 heavy (non-hydrogen) atoms. The van der Waals surface area contributed by atoms with Crippen LogP contribution in [0.1, 0.15) is 29.5 Å². The number of hydrogen-bond acceptors (Lipinski definition) is 4. The molecule has 0 amide bonds. The minimum absolute atomic E-state index is 0.638. The van der Waals surface area contributed by atoms with Gasteiger partial charge in [0, 0.05) is 19.2 Å². The number of fused-ring (bicyclic) bond motifs is 1. The smallest absolute Gasteiger partial charge is 0.328 e. The van der Waals surface area contributed by atoms with Gasteiger partial charge in [-0.25, -0.2) is 9.48 Å². The van der Waals surface area contributed by atoms with Crippen LogP contribution in [0.5, 0.6) is 0 Å². The molecule has 0 atom stereocenters. The Morgan fingerprint density at radius 2 is 2.00 bits per heavy atom. The summed E-state index contributed by atoms with van der Waals surface area (Å²) in [6.07, 6.45) is 4.62. The molecule has 0 fully saturated rings. The van der Waals surface area contributed by atoms with Crippen molar-refractivity contribution >= 4 is 23.1 Å². The molecule has 0 unspecified atom stereocenters. The van der Waals surface area contributed by atoms with E-state index in [-0.39, 0.29) is 0 Å². The molecular weight excluding hydrogens is 342 g/mol. The SMILES string of the molecule is Cc1c(C=CC(=O)O)ccc2c1nnn2CCCCOCc1ccccc1. The molecule has 1 aromatic heterocycles. The van der Waals surface area contributed by atoms with Crippen LogP contribution in [-0.2, 0) is 22.7 Å². The monoisotopic (exact) mass is 365 g/mol. The molecule has 0 radical (unpaired) electrons. The third-order valence-corrected chi connectivity index (χ3v) is 4.41. The molecule has 1 heterocycles. The van der Waals surface area contributed by atoms with Crippen molar-refractivity contribution in [1.29, 1.82) is 0 Å². The summed E-state index contributed by atoms with van der Waals surface area (Å²) in [4.78, 5) is 10.7. The van der Waals surface area contributed by atoms with Gasteiger partial charge < -0.3 is 9.84 Å². The molecule has 140 valence electrons. The topological polar surface area (TPSA) is 77.2 Å². The van der Waals surface area contributed by atoms with Gasteiger partial charge >= 0.3 is 5.97 Å². The average molecular weight is 365 g/mol. The van der Waals surface area contributed by atoms with Crippen molar-refractivity contribution in [3.63, 3.8) is 0 Å². The third kappa shape index (κ3) is 5.01. The number of hydrogen-bond donors (Lipinski definition) is 1. The summed E-state index contributed by atoms with van der Waals surface area (Å²) in [6, 6.07) is 14.0. The number of rotatable bonds is 9. The summed E-state index contributed by atoms with van der Waals surface area (Å²) < 4.78 is 7.60. The second-order valence-electron chi connectivity index (χ2n) is 6.38. The second-order valence-corrected chi connectivity index (χ2v) is 6.38. The molecular formula is C21H23N3O3. The standard InChI is InChI=1S/C21H23N3O3/c1-16-18(10-12-20(25)26)9-11-19-21(16)22-23-24(19)13-5-6-14-27-15-17-7-3-2-4-8-17/h2-4,7-12H,5-6,13-15H2,1H3,(H,25,26). The molecule has 0 aliphatic heterocycles. The van der Waals surface area contributed by atoms with Crippen molar-refractivity contribution < 1.29 is 14.6 Å². The van der Waals surface area contributed by atoms with Gasteiger partial charge in [0.25, 0.3) is 0 Å². The molecule has 3 rings (SSSR count). The average Bonchev–Trinajstić information content (AvgIpc) is 3.08. The molecule has 0 bridgehead atoms. The van der Waals surface area contributed by atoms with E-state index in [0.717, 1.165) is 47.6 Å². The third-order valence-electron chi connectivity index (χ3n) is 4.41. The quantitative estimate of drug-likeness (QED) is 0.460. The lowest BCUT2D eigenvalue weighted by molar-refractivity contribution is -0.131. The molecule has 6 heteroatoms. The summed E-state index contributed by atoms with van der Waals surface area (Å²) in [5.74, 6) is -0.965. The van der Waals surface area contributed by atoms with Crippen molar-refractivity contribution in [2.75, 3.05) is 6.61 Å². The minimum atomic E-state index is -0.965. The van der Waals surface area contributed by atoms with Gasteiger partial charge in [0.15, 0.2) is 0 Å². The number of aromatic nitrogens is 3. The largest absolute Gasteiger partial charge is 0.478 e. The summed E-state index contributed by atoms with van der Waals surface area (Å²) in [5, 5.41) is 17.3. The van der Waals surface area contributed by atoms with E-state index in [9.17, 15) is 4.79 Å². The first-order valence-electron chi connectivity index (χ1n) is 9.00. The van der Waals surface area contributed by atoms with Gasteiger partial charge in [0.05, 0.1) is 12.1 Å². The first-order valence-corrected chi connectivity index (χ1v) is 9.00. The number of carboxylic acid groups (broad SMARTS) is 1. The first kappa shape index (κ1) is 18.8. The van der Waals surface area contributed by atoms with Gasteiger partial charge in [-0.15, -0.1) is 5.10 Å². The van der Waals surface area contributed by atoms with Crippen LogP contribution in [0.3, 0.4) is 0 Å². The van der Waals surface area contributed by atoms with E-state index in [1.54, 1.807) is 6.08 Å². The Kier molecular flexibility index (Phi) is 6.33. The summed E-state index contributed by atoms with van der Waals surface area (Å²) >= 11 is 0.